The van der Waals surface area contributed by atoms with Gasteiger partial charge in [-0.05, 0) is 37.5 Å². The largest absolute Gasteiger partial charge is 0.339 e. The van der Waals surface area contributed by atoms with Gasteiger partial charge in [0.2, 0.25) is 11.9 Å². The molecule has 9 heteroatoms. The molecule has 0 saturated carbocycles. The molecule has 0 atom stereocenters. The van der Waals surface area contributed by atoms with Crippen LogP contribution in [0.15, 0.2) is 54.7 Å². The Morgan fingerprint density at radius 3 is 2.67 bits per heavy atom. The molecule has 1 aliphatic heterocycles. The number of H-pyrrole nitrogens is 1. The zero-order chi connectivity index (χ0) is 22.6. The Hall–Kier alpha value is -3.88. The molecule has 5 rings (SSSR count). The number of hydrogen-bond donors (Lipinski definition) is 2. The molecule has 0 spiro atoms. The molecule has 0 bridgehead atoms. The van der Waals surface area contributed by atoms with Gasteiger partial charge in [0, 0.05) is 50.6 Å². The highest BCUT2D eigenvalue weighted by Crippen LogP contribution is 2.22. The highest BCUT2D eigenvalue weighted by molar-refractivity contribution is 5.76. The van der Waals surface area contributed by atoms with E-state index in [9.17, 15) is 4.79 Å². The molecule has 4 heterocycles. The van der Waals surface area contributed by atoms with Crippen LogP contribution >= 0.6 is 0 Å². The third-order valence-corrected chi connectivity index (χ3v) is 5.95. The minimum absolute atomic E-state index is 0.226. The summed E-state index contributed by atoms with van der Waals surface area (Å²) < 4.78 is 1.82. The van der Waals surface area contributed by atoms with Gasteiger partial charge in [0.05, 0.1) is 0 Å². The summed E-state index contributed by atoms with van der Waals surface area (Å²) in [7, 11) is 0. The van der Waals surface area contributed by atoms with Crippen LogP contribution in [0, 0.1) is 6.92 Å². The molecular weight excluding hydrogens is 416 g/mol. The zero-order valence-corrected chi connectivity index (χ0v) is 18.7. The van der Waals surface area contributed by atoms with Gasteiger partial charge in [-0.2, -0.15) is 10.1 Å². The molecule has 1 amide bonds. The molecule has 170 valence electrons. The SMILES string of the molecule is Cc1cc(Nc2nc(N3CCN(C(=O)CCCc4ccccc4)CC3)nn3cccc23)n[nH]1. The molecule has 1 aromatic carbocycles. The van der Waals surface area contributed by atoms with E-state index in [-0.39, 0.29) is 5.91 Å². The molecule has 1 aliphatic rings. The Morgan fingerprint density at radius 2 is 1.91 bits per heavy atom. The van der Waals surface area contributed by atoms with E-state index in [0.29, 0.717) is 50.2 Å². The fraction of sp³-hybridized carbons (Fsp3) is 0.333. The van der Waals surface area contributed by atoms with Gasteiger partial charge in [-0.25, -0.2) is 4.52 Å². The number of aromatic nitrogens is 5. The number of fused-ring (bicyclic) bond motifs is 1. The van der Waals surface area contributed by atoms with Crippen LogP contribution in [0.2, 0.25) is 0 Å². The number of carbonyl (C=O) groups excluding carboxylic acids is 1. The summed E-state index contributed by atoms with van der Waals surface area (Å²) in [6, 6.07) is 16.2. The number of benzene rings is 1. The number of aromatic amines is 1. The topological polar surface area (TPSA) is 94.5 Å². The second-order valence-corrected chi connectivity index (χ2v) is 8.37. The molecule has 3 aromatic heterocycles. The lowest BCUT2D eigenvalue weighted by Crippen LogP contribution is -2.49. The molecule has 2 N–H and O–H groups in total. The molecular formula is C24H28N8O. The van der Waals surface area contributed by atoms with Crippen molar-refractivity contribution in [2.45, 2.75) is 26.2 Å². The molecule has 0 radical (unpaired) electrons. The first-order valence-electron chi connectivity index (χ1n) is 11.4. The first kappa shape index (κ1) is 21.0. The zero-order valence-electron chi connectivity index (χ0n) is 18.7. The van der Waals surface area contributed by atoms with Gasteiger partial charge in [-0.1, -0.05) is 30.3 Å². The van der Waals surface area contributed by atoms with E-state index in [2.05, 4.69) is 37.6 Å². The van der Waals surface area contributed by atoms with E-state index >= 15 is 0 Å². The Balaban J connectivity index is 1.20. The number of rotatable bonds is 7. The number of nitrogens with one attached hydrogen (secondary N) is 2. The van der Waals surface area contributed by atoms with Crippen LogP contribution in [0.3, 0.4) is 0 Å². The van der Waals surface area contributed by atoms with Gasteiger partial charge in [0.1, 0.15) is 5.52 Å². The average molecular weight is 445 g/mol. The molecule has 1 saturated heterocycles. The number of piperazine rings is 1. The van der Waals surface area contributed by atoms with Crippen molar-refractivity contribution >= 4 is 29.0 Å². The van der Waals surface area contributed by atoms with Crippen LogP contribution in [-0.2, 0) is 11.2 Å². The summed E-state index contributed by atoms with van der Waals surface area (Å²) in [6.45, 7) is 4.73. The second kappa shape index (κ2) is 9.32. The summed E-state index contributed by atoms with van der Waals surface area (Å²) in [5.74, 6) is 2.29. The van der Waals surface area contributed by atoms with E-state index in [1.165, 1.54) is 5.56 Å². The van der Waals surface area contributed by atoms with Crippen LogP contribution in [0.4, 0.5) is 17.6 Å². The van der Waals surface area contributed by atoms with Gasteiger partial charge >= 0.3 is 0 Å². The van der Waals surface area contributed by atoms with Crippen molar-refractivity contribution in [2.75, 3.05) is 36.4 Å². The van der Waals surface area contributed by atoms with Crippen molar-refractivity contribution in [2.24, 2.45) is 0 Å². The number of amides is 1. The van der Waals surface area contributed by atoms with Crippen LogP contribution in [0.25, 0.3) is 5.52 Å². The lowest BCUT2D eigenvalue weighted by atomic mass is 10.1. The Kier molecular flexibility index (Phi) is 5.93. The number of anilines is 3. The fourth-order valence-corrected chi connectivity index (χ4v) is 4.15. The second-order valence-electron chi connectivity index (χ2n) is 8.37. The molecule has 0 unspecified atom stereocenters. The van der Waals surface area contributed by atoms with Crippen molar-refractivity contribution < 1.29 is 4.79 Å². The van der Waals surface area contributed by atoms with Gasteiger partial charge in [0.25, 0.3) is 0 Å². The van der Waals surface area contributed by atoms with E-state index in [1.54, 1.807) is 0 Å². The van der Waals surface area contributed by atoms with E-state index in [1.807, 2.05) is 58.9 Å². The summed E-state index contributed by atoms with van der Waals surface area (Å²) in [4.78, 5) is 21.6. The fourth-order valence-electron chi connectivity index (χ4n) is 4.15. The summed E-state index contributed by atoms with van der Waals surface area (Å²) >= 11 is 0. The highest BCUT2D eigenvalue weighted by Gasteiger charge is 2.23. The van der Waals surface area contributed by atoms with Gasteiger partial charge in [-0.3, -0.25) is 9.89 Å². The van der Waals surface area contributed by atoms with Crippen molar-refractivity contribution in [1.82, 2.24) is 29.7 Å². The molecule has 9 nitrogen and oxygen atoms in total. The maximum atomic E-state index is 12.7. The number of nitrogens with zero attached hydrogens (tertiary/aromatic N) is 6. The average Bonchev–Trinajstić information content (AvgIpc) is 3.48. The van der Waals surface area contributed by atoms with Crippen LogP contribution in [-0.4, -0.2) is 61.8 Å². The van der Waals surface area contributed by atoms with Crippen molar-refractivity contribution in [3.8, 4) is 0 Å². The minimum atomic E-state index is 0.226. The Morgan fingerprint density at radius 1 is 1.09 bits per heavy atom. The monoisotopic (exact) mass is 444 g/mol. The normalized spacial score (nSPS) is 14.1. The lowest BCUT2D eigenvalue weighted by molar-refractivity contribution is -0.131. The Bertz CT molecular complexity index is 1220. The van der Waals surface area contributed by atoms with Crippen molar-refractivity contribution in [3.63, 3.8) is 0 Å². The number of carbonyl (C=O) groups is 1. The Labute approximate surface area is 192 Å². The molecule has 0 aliphatic carbocycles. The lowest BCUT2D eigenvalue weighted by Gasteiger charge is -2.34. The van der Waals surface area contributed by atoms with E-state index < -0.39 is 0 Å². The van der Waals surface area contributed by atoms with Crippen LogP contribution in [0.5, 0.6) is 0 Å². The first-order chi connectivity index (χ1) is 16.2. The third kappa shape index (κ3) is 4.82. The van der Waals surface area contributed by atoms with Gasteiger partial charge in [-0.15, -0.1) is 5.10 Å². The smallest absolute Gasteiger partial charge is 0.245 e. The molecule has 1 fully saturated rings. The minimum Gasteiger partial charge on any atom is -0.339 e. The van der Waals surface area contributed by atoms with Gasteiger partial charge in [0.15, 0.2) is 11.6 Å². The number of aryl methyl sites for hydroxylation is 2. The number of hydrogen-bond acceptors (Lipinski definition) is 6. The maximum Gasteiger partial charge on any atom is 0.245 e. The predicted molar refractivity (Wildman–Crippen MR) is 128 cm³/mol. The first-order valence-corrected chi connectivity index (χ1v) is 11.4. The molecule has 33 heavy (non-hydrogen) atoms. The summed E-state index contributed by atoms with van der Waals surface area (Å²) in [5, 5.41) is 15.2. The van der Waals surface area contributed by atoms with Crippen LogP contribution < -0.4 is 10.2 Å². The van der Waals surface area contributed by atoms with Crippen molar-refractivity contribution in [1.29, 1.82) is 0 Å². The van der Waals surface area contributed by atoms with Gasteiger partial charge < -0.3 is 15.1 Å². The molecule has 4 aromatic rings. The standard InChI is InChI=1S/C24H28N8O/c1-18-17-21(28-27-18)25-23-20-10-6-12-32(20)29-24(26-23)31-15-13-30(14-16-31)22(33)11-5-9-19-7-3-2-4-8-19/h2-4,6-8,10,12,17H,5,9,11,13-16H2,1H3,(H2,25,26,27,28,29). The summed E-state index contributed by atoms with van der Waals surface area (Å²) in [5.41, 5.74) is 3.14. The predicted octanol–water partition coefficient (Wildman–Crippen LogP) is 3.18. The van der Waals surface area contributed by atoms with Crippen molar-refractivity contribution in [3.05, 3.63) is 66.0 Å². The van der Waals surface area contributed by atoms with E-state index in [4.69, 9.17) is 4.98 Å². The van der Waals surface area contributed by atoms with Crippen LogP contribution in [0.1, 0.15) is 24.1 Å². The summed E-state index contributed by atoms with van der Waals surface area (Å²) in [6.07, 6.45) is 4.30. The third-order valence-electron chi connectivity index (χ3n) is 5.95. The quantitative estimate of drug-likeness (QED) is 0.455. The maximum absolute atomic E-state index is 12.7. The highest BCUT2D eigenvalue weighted by atomic mass is 16.2. The van der Waals surface area contributed by atoms with E-state index in [0.717, 1.165) is 24.1 Å².